The molecule has 41 heavy (non-hydrogen) atoms. The van der Waals surface area contributed by atoms with E-state index in [0.717, 1.165) is 18.0 Å². The molecule has 2 aromatic heterocycles. The van der Waals surface area contributed by atoms with Crippen molar-refractivity contribution in [2.24, 2.45) is 0 Å². The molecule has 2 aliphatic rings. The summed E-state index contributed by atoms with van der Waals surface area (Å²) in [6, 6.07) is 5.60. The molecule has 0 saturated carbocycles. The van der Waals surface area contributed by atoms with Gasteiger partial charge in [-0.15, -0.1) is 0 Å². The van der Waals surface area contributed by atoms with Crippen LogP contribution in [-0.2, 0) is 9.53 Å². The molecule has 0 atom stereocenters. The highest BCUT2D eigenvalue weighted by atomic mass is 127. The molecule has 2 N–H and O–H groups in total. The first-order valence-electron chi connectivity index (χ1n) is 13.0. The Labute approximate surface area is 247 Å². The Kier molecular flexibility index (Phi) is 8.56. The van der Waals surface area contributed by atoms with Crippen LogP contribution < -0.4 is 19.9 Å². The summed E-state index contributed by atoms with van der Waals surface area (Å²) in [5.41, 5.74) is 0.800. The summed E-state index contributed by atoms with van der Waals surface area (Å²) in [7, 11) is 3.48. The average Bonchev–Trinajstić information content (AvgIpc) is 3.34. The first-order valence-corrected chi connectivity index (χ1v) is 14.1. The van der Waals surface area contributed by atoms with Gasteiger partial charge in [-0.2, -0.15) is 23.3 Å². The van der Waals surface area contributed by atoms with E-state index in [1.54, 1.807) is 12.1 Å². The third-order valence-electron chi connectivity index (χ3n) is 7.27. The van der Waals surface area contributed by atoms with Crippen molar-refractivity contribution in [1.29, 1.82) is 0 Å². The number of aromatic amines is 1. The normalized spacial score (nSPS) is 17.1. The number of pyridine rings is 1. The van der Waals surface area contributed by atoms with Gasteiger partial charge in [0.1, 0.15) is 0 Å². The topological polar surface area (TPSA) is 116 Å². The van der Waals surface area contributed by atoms with Crippen molar-refractivity contribution >= 4 is 62.6 Å². The van der Waals surface area contributed by atoms with Gasteiger partial charge >= 0.3 is 12.1 Å². The lowest BCUT2D eigenvalue weighted by molar-refractivity contribution is -0.171. The third-order valence-corrected chi connectivity index (χ3v) is 8.04. The molecule has 220 valence electrons. The smallest absolute Gasteiger partial charge is 0.471 e. The van der Waals surface area contributed by atoms with Crippen LogP contribution in [0.25, 0.3) is 11.0 Å². The minimum absolute atomic E-state index is 0.0840. The van der Waals surface area contributed by atoms with Crippen LogP contribution in [0.1, 0.15) is 23.2 Å². The number of piperazine rings is 1. The fraction of sp³-hybridized carbons (Fsp3) is 0.462. The molecule has 11 nitrogen and oxygen atoms in total. The van der Waals surface area contributed by atoms with Crippen LogP contribution in [0.15, 0.2) is 24.3 Å². The van der Waals surface area contributed by atoms with Crippen LogP contribution in [0.2, 0.25) is 0 Å². The standard InChI is InChI=1S/C26H29F3IN7O4/c1-35-7-9-36(10-8-35)16-3-4-17(20(13-16)37(25(39)26(27,28)29)15-5-11-41-12-6-15)23(38)31-21-18-14-19(30)24(40-2)32-22(18)34-33-21/h3-4,13-15H,5-12H2,1-2H3,(H2,31,32,33,34,38). The van der Waals surface area contributed by atoms with E-state index in [9.17, 15) is 22.8 Å². The third kappa shape index (κ3) is 6.21. The largest absolute Gasteiger partial charge is 0.480 e. The number of H-pyrrole nitrogens is 1. The zero-order valence-corrected chi connectivity index (χ0v) is 24.6. The molecule has 1 aromatic carbocycles. The Hall–Kier alpha value is -3.18. The molecule has 0 bridgehead atoms. The summed E-state index contributed by atoms with van der Waals surface area (Å²) in [5, 5.41) is 10.1. The van der Waals surface area contributed by atoms with Crippen LogP contribution in [0.4, 0.5) is 30.4 Å². The number of likely N-dealkylation sites (N-methyl/N-ethyl adjacent to an activating group) is 1. The second-order valence-electron chi connectivity index (χ2n) is 9.91. The number of methoxy groups -OCH3 is 1. The number of alkyl halides is 3. The number of nitrogens with zero attached hydrogens (tertiary/aromatic N) is 5. The Morgan fingerprint density at radius 2 is 1.88 bits per heavy atom. The minimum Gasteiger partial charge on any atom is -0.480 e. The predicted molar refractivity (Wildman–Crippen MR) is 155 cm³/mol. The number of hydrogen-bond donors (Lipinski definition) is 2. The molecule has 4 heterocycles. The highest BCUT2D eigenvalue weighted by Crippen LogP contribution is 2.35. The van der Waals surface area contributed by atoms with E-state index in [1.807, 2.05) is 34.5 Å². The molecule has 2 amide bonds. The highest BCUT2D eigenvalue weighted by molar-refractivity contribution is 14.1. The van der Waals surface area contributed by atoms with Gasteiger partial charge in [-0.1, -0.05) is 0 Å². The number of fused-ring (bicyclic) bond motifs is 1. The molecule has 2 saturated heterocycles. The van der Waals surface area contributed by atoms with Crippen molar-refractivity contribution in [1.82, 2.24) is 20.1 Å². The van der Waals surface area contributed by atoms with E-state index in [0.29, 0.717) is 39.3 Å². The number of carbonyl (C=O) groups is 2. The van der Waals surface area contributed by atoms with Gasteiger partial charge in [-0.3, -0.25) is 14.7 Å². The number of anilines is 3. The fourth-order valence-corrected chi connectivity index (χ4v) is 5.70. The molecule has 0 spiro atoms. The lowest BCUT2D eigenvalue weighted by Crippen LogP contribution is -2.50. The second kappa shape index (κ2) is 12.0. The molecule has 3 aromatic rings. The van der Waals surface area contributed by atoms with E-state index in [2.05, 4.69) is 25.4 Å². The van der Waals surface area contributed by atoms with Gasteiger partial charge in [-0.25, -0.2) is 0 Å². The Morgan fingerprint density at radius 1 is 1.17 bits per heavy atom. The van der Waals surface area contributed by atoms with Crippen LogP contribution in [-0.4, -0.2) is 97.7 Å². The van der Waals surface area contributed by atoms with Crippen LogP contribution >= 0.6 is 22.6 Å². The highest BCUT2D eigenvalue weighted by Gasteiger charge is 2.46. The second-order valence-corrected chi connectivity index (χ2v) is 11.1. The maximum absolute atomic E-state index is 14.0. The van der Waals surface area contributed by atoms with Gasteiger partial charge < -0.3 is 29.5 Å². The molecule has 0 aliphatic carbocycles. The van der Waals surface area contributed by atoms with Crippen molar-refractivity contribution in [3.8, 4) is 5.88 Å². The number of benzene rings is 1. The van der Waals surface area contributed by atoms with Gasteiger partial charge in [0.2, 0.25) is 5.88 Å². The van der Waals surface area contributed by atoms with Crippen molar-refractivity contribution in [2.45, 2.75) is 25.1 Å². The Morgan fingerprint density at radius 3 is 2.54 bits per heavy atom. The minimum atomic E-state index is -5.14. The number of rotatable bonds is 6. The maximum Gasteiger partial charge on any atom is 0.471 e. The number of amides is 2. The Balaban J connectivity index is 1.57. The maximum atomic E-state index is 14.0. The van der Waals surface area contributed by atoms with Gasteiger partial charge in [0.05, 0.1) is 27.3 Å². The molecule has 5 rings (SSSR count). The zero-order valence-electron chi connectivity index (χ0n) is 22.4. The molecule has 15 heteroatoms. The van der Waals surface area contributed by atoms with E-state index >= 15 is 0 Å². The van der Waals surface area contributed by atoms with E-state index in [4.69, 9.17) is 9.47 Å². The van der Waals surface area contributed by atoms with Crippen LogP contribution in [0.5, 0.6) is 5.88 Å². The number of hydrogen-bond acceptors (Lipinski definition) is 8. The fourth-order valence-electron chi connectivity index (χ4n) is 5.04. The monoisotopic (exact) mass is 687 g/mol. The summed E-state index contributed by atoms with van der Waals surface area (Å²) < 4.78 is 53.2. The van der Waals surface area contributed by atoms with Gasteiger partial charge in [0.25, 0.3) is 5.91 Å². The number of ether oxygens (including phenoxy) is 2. The van der Waals surface area contributed by atoms with Crippen molar-refractivity contribution < 1.29 is 32.2 Å². The van der Waals surface area contributed by atoms with E-state index < -0.39 is 24.0 Å². The molecule has 0 unspecified atom stereocenters. The average molecular weight is 687 g/mol. The molecule has 2 fully saturated rings. The zero-order chi connectivity index (χ0) is 29.3. The summed E-state index contributed by atoms with van der Waals surface area (Å²) in [4.78, 5) is 35.9. The summed E-state index contributed by atoms with van der Waals surface area (Å²) in [5.74, 6) is -2.22. The SMILES string of the molecule is COc1nc2[nH]nc(NC(=O)c3ccc(N4CCN(C)CC4)cc3N(C(=O)C(F)(F)F)C3CCOCC3)c2cc1I. The van der Waals surface area contributed by atoms with Crippen molar-refractivity contribution in [3.63, 3.8) is 0 Å². The van der Waals surface area contributed by atoms with Crippen LogP contribution in [0.3, 0.4) is 0 Å². The lowest BCUT2D eigenvalue weighted by atomic mass is 10.0. The number of carbonyl (C=O) groups excluding carboxylic acids is 2. The van der Waals surface area contributed by atoms with E-state index in [-0.39, 0.29) is 43.1 Å². The van der Waals surface area contributed by atoms with E-state index in [1.165, 1.54) is 19.2 Å². The number of nitrogens with one attached hydrogen (secondary N) is 2. The van der Waals surface area contributed by atoms with Crippen molar-refractivity contribution in [3.05, 3.63) is 33.4 Å². The number of halogens is 4. The summed E-state index contributed by atoms with van der Waals surface area (Å²) in [6.45, 7) is 3.26. The quantitative estimate of drug-likeness (QED) is 0.378. The lowest BCUT2D eigenvalue weighted by Gasteiger charge is -2.37. The summed E-state index contributed by atoms with van der Waals surface area (Å²) in [6.07, 6.45) is -4.73. The van der Waals surface area contributed by atoms with Crippen LogP contribution in [0, 0.1) is 3.57 Å². The van der Waals surface area contributed by atoms with Gasteiger partial charge in [0.15, 0.2) is 11.5 Å². The predicted octanol–water partition coefficient (Wildman–Crippen LogP) is 3.65. The first-order chi connectivity index (χ1) is 19.6. The summed E-state index contributed by atoms with van der Waals surface area (Å²) >= 11 is 2.04. The first kappa shape index (κ1) is 29.3. The molecular weight excluding hydrogens is 658 g/mol. The molecule has 2 aliphatic heterocycles. The van der Waals surface area contributed by atoms with Crippen molar-refractivity contribution in [2.75, 3.05) is 68.7 Å². The Bertz CT molecular complexity index is 1440. The molecule has 0 radical (unpaired) electrons. The molecular formula is C26H29F3IN7O4. The number of aromatic nitrogens is 3. The van der Waals surface area contributed by atoms with Gasteiger partial charge in [-0.05, 0) is 66.7 Å². The van der Waals surface area contributed by atoms with Gasteiger partial charge in [0, 0.05) is 51.1 Å².